The van der Waals surface area contributed by atoms with Crippen molar-refractivity contribution in [3.8, 4) is 0 Å². The Morgan fingerprint density at radius 1 is 0.947 bits per heavy atom. The van der Waals surface area contributed by atoms with Crippen LogP contribution in [0.25, 0.3) is 11.1 Å². The van der Waals surface area contributed by atoms with Gasteiger partial charge in [-0.05, 0) is 36.8 Å². The van der Waals surface area contributed by atoms with Gasteiger partial charge in [-0.15, -0.1) is 4.39 Å². The molecule has 0 aliphatic heterocycles. The van der Waals surface area contributed by atoms with Crippen molar-refractivity contribution >= 4 is 11.1 Å². The van der Waals surface area contributed by atoms with Gasteiger partial charge in [0.15, 0.2) is 17.2 Å². The van der Waals surface area contributed by atoms with Gasteiger partial charge in [-0.2, -0.15) is 4.98 Å². The largest absolute Gasteiger partial charge is 0.415 e. The summed E-state index contributed by atoms with van der Waals surface area (Å²) in [6, 6.07) is 10.4. The molecular formula is C14H10F3NO. The number of oxazole rings is 1. The van der Waals surface area contributed by atoms with E-state index in [2.05, 4.69) is 9.40 Å². The monoisotopic (exact) mass is 265 g/mol. The number of hydrogen-bond acceptors (Lipinski definition) is 2. The standard InChI is InChI=1S/C8H6FNO.C6H4F2/c1-5-2-3-6-7(4-5)11-8(9)10-6;7-5-3-1-2-4-6(5)8/h2-4H,1H3;1-4H. The third kappa shape index (κ3) is 3.34. The molecule has 3 rings (SSSR count). The van der Waals surface area contributed by atoms with E-state index in [-0.39, 0.29) is 0 Å². The van der Waals surface area contributed by atoms with E-state index in [1.807, 2.05) is 13.0 Å². The Morgan fingerprint density at radius 2 is 1.58 bits per heavy atom. The maximum atomic E-state index is 12.4. The van der Waals surface area contributed by atoms with E-state index >= 15 is 0 Å². The Morgan fingerprint density at radius 3 is 2.16 bits per heavy atom. The van der Waals surface area contributed by atoms with E-state index in [9.17, 15) is 13.2 Å². The van der Waals surface area contributed by atoms with E-state index in [4.69, 9.17) is 0 Å². The summed E-state index contributed by atoms with van der Waals surface area (Å²) >= 11 is 0. The van der Waals surface area contributed by atoms with Gasteiger partial charge in [0, 0.05) is 0 Å². The molecule has 0 unspecified atom stereocenters. The van der Waals surface area contributed by atoms with Crippen LogP contribution in [0.4, 0.5) is 13.2 Å². The minimum atomic E-state index is -0.799. The molecule has 2 nitrogen and oxygen atoms in total. The van der Waals surface area contributed by atoms with Gasteiger partial charge in [-0.3, -0.25) is 0 Å². The summed E-state index contributed by atoms with van der Waals surface area (Å²) in [4.78, 5) is 3.52. The van der Waals surface area contributed by atoms with Crippen LogP contribution in [0.3, 0.4) is 0 Å². The molecular weight excluding hydrogens is 255 g/mol. The lowest BCUT2D eigenvalue weighted by molar-refractivity contribution is 0.355. The molecule has 0 N–H and O–H groups in total. The number of hydrogen-bond donors (Lipinski definition) is 0. The van der Waals surface area contributed by atoms with Crippen molar-refractivity contribution < 1.29 is 17.6 Å². The zero-order valence-corrected chi connectivity index (χ0v) is 10.0. The zero-order valence-electron chi connectivity index (χ0n) is 10.0. The molecule has 3 aromatic rings. The van der Waals surface area contributed by atoms with Crippen molar-refractivity contribution in [1.29, 1.82) is 0 Å². The van der Waals surface area contributed by atoms with Crippen molar-refractivity contribution in [2.24, 2.45) is 0 Å². The topological polar surface area (TPSA) is 26.0 Å². The molecule has 1 aromatic heterocycles. The molecule has 0 aliphatic carbocycles. The Kier molecular flexibility index (Phi) is 3.85. The van der Waals surface area contributed by atoms with Gasteiger partial charge < -0.3 is 4.42 Å². The second-order valence-corrected chi connectivity index (χ2v) is 3.85. The fourth-order valence-corrected chi connectivity index (χ4v) is 1.44. The average molecular weight is 265 g/mol. The number of aromatic nitrogens is 1. The summed E-state index contributed by atoms with van der Waals surface area (Å²) in [5, 5.41) is 0. The van der Waals surface area contributed by atoms with Gasteiger partial charge in [-0.1, -0.05) is 18.2 Å². The van der Waals surface area contributed by atoms with Gasteiger partial charge in [0.2, 0.25) is 0 Å². The van der Waals surface area contributed by atoms with E-state index in [0.29, 0.717) is 11.1 Å². The summed E-state index contributed by atoms with van der Waals surface area (Å²) in [6.07, 6.45) is -0.773. The van der Waals surface area contributed by atoms with Crippen molar-refractivity contribution in [2.75, 3.05) is 0 Å². The first-order valence-electron chi connectivity index (χ1n) is 5.49. The SMILES string of the molecule is Cc1ccc2nc(F)oc2c1.Fc1ccccc1F. The van der Waals surface area contributed by atoms with Crippen LogP contribution >= 0.6 is 0 Å². The molecule has 0 atom stereocenters. The minimum Gasteiger partial charge on any atom is -0.415 e. The van der Waals surface area contributed by atoms with E-state index in [1.54, 1.807) is 12.1 Å². The minimum absolute atomic E-state index is 0.502. The molecule has 0 bridgehead atoms. The van der Waals surface area contributed by atoms with Crippen molar-refractivity contribution in [3.05, 3.63) is 65.8 Å². The van der Waals surface area contributed by atoms with Crippen LogP contribution < -0.4 is 0 Å². The Labute approximate surface area is 107 Å². The summed E-state index contributed by atoms with van der Waals surface area (Å²) < 4.78 is 40.9. The van der Waals surface area contributed by atoms with Crippen molar-refractivity contribution in [2.45, 2.75) is 6.92 Å². The molecule has 0 saturated heterocycles. The summed E-state index contributed by atoms with van der Waals surface area (Å²) in [5.74, 6) is -1.60. The number of benzene rings is 2. The van der Waals surface area contributed by atoms with Crippen LogP contribution in [0.2, 0.25) is 0 Å². The first-order valence-corrected chi connectivity index (χ1v) is 5.49. The molecule has 1 heterocycles. The molecule has 0 radical (unpaired) electrons. The normalized spacial score (nSPS) is 10.1. The predicted molar refractivity (Wildman–Crippen MR) is 65.1 cm³/mol. The summed E-state index contributed by atoms with van der Waals surface area (Å²) in [5.41, 5.74) is 2.10. The number of nitrogens with zero attached hydrogens (tertiary/aromatic N) is 1. The average Bonchev–Trinajstić information content (AvgIpc) is 2.73. The predicted octanol–water partition coefficient (Wildman–Crippen LogP) is 4.24. The molecule has 0 saturated carbocycles. The highest BCUT2D eigenvalue weighted by Gasteiger charge is 2.02. The Hall–Kier alpha value is -2.30. The van der Waals surface area contributed by atoms with Crippen molar-refractivity contribution in [3.63, 3.8) is 0 Å². The second-order valence-electron chi connectivity index (χ2n) is 3.85. The van der Waals surface area contributed by atoms with Gasteiger partial charge in [0.05, 0.1) is 0 Å². The van der Waals surface area contributed by atoms with Gasteiger partial charge in [-0.25, -0.2) is 8.78 Å². The molecule has 19 heavy (non-hydrogen) atoms. The van der Waals surface area contributed by atoms with Gasteiger partial charge in [0.1, 0.15) is 5.52 Å². The lowest BCUT2D eigenvalue weighted by Gasteiger charge is -1.87. The fraction of sp³-hybridized carbons (Fsp3) is 0.0714. The third-order valence-corrected chi connectivity index (χ3v) is 2.34. The van der Waals surface area contributed by atoms with E-state index < -0.39 is 17.8 Å². The third-order valence-electron chi connectivity index (χ3n) is 2.34. The summed E-state index contributed by atoms with van der Waals surface area (Å²) in [7, 11) is 0. The molecule has 0 fully saturated rings. The molecule has 0 aliphatic rings. The highest BCUT2D eigenvalue weighted by molar-refractivity contribution is 5.72. The smallest absolute Gasteiger partial charge is 0.382 e. The van der Waals surface area contributed by atoms with Crippen LogP contribution in [0, 0.1) is 24.7 Å². The van der Waals surface area contributed by atoms with Gasteiger partial charge in [0.25, 0.3) is 0 Å². The second kappa shape index (κ2) is 5.56. The lowest BCUT2D eigenvalue weighted by atomic mass is 10.2. The molecule has 2 aromatic carbocycles. The highest BCUT2D eigenvalue weighted by atomic mass is 19.2. The number of fused-ring (bicyclic) bond motifs is 1. The van der Waals surface area contributed by atoms with E-state index in [0.717, 1.165) is 17.7 Å². The van der Waals surface area contributed by atoms with Crippen LogP contribution in [-0.2, 0) is 0 Å². The van der Waals surface area contributed by atoms with Crippen LogP contribution in [0.5, 0.6) is 0 Å². The fourth-order valence-electron chi connectivity index (χ4n) is 1.44. The zero-order chi connectivity index (χ0) is 13.8. The Balaban J connectivity index is 0.000000148. The maximum absolute atomic E-state index is 12.4. The first kappa shape index (κ1) is 13.1. The van der Waals surface area contributed by atoms with Gasteiger partial charge >= 0.3 is 6.14 Å². The highest BCUT2D eigenvalue weighted by Crippen LogP contribution is 2.15. The lowest BCUT2D eigenvalue weighted by Crippen LogP contribution is -1.77. The number of rotatable bonds is 0. The first-order chi connectivity index (χ1) is 9.06. The molecule has 5 heteroatoms. The number of aryl methyl sites for hydroxylation is 1. The summed E-state index contributed by atoms with van der Waals surface area (Å²) in [6.45, 7) is 1.92. The number of halogens is 3. The van der Waals surface area contributed by atoms with Crippen LogP contribution in [0.1, 0.15) is 5.56 Å². The van der Waals surface area contributed by atoms with Crippen LogP contribution in [-0.4, -0.2) is 4.98 Å². The molecule has 0 amide bonds. The van der Waals surface area contributed by atoms with Crippen molar-refractivity contribution in [1.82, 2.24) is 4.98 Å². The maximum Gasteiger partial charge on any atom is 0.382 e. The van der Waals surface area contributed by atoms with Crippen LogP contribution in [0.15, 0.2) is 46.9 Å². The molecule has 0 spiro atoms. The molecule has 98 valence electrons. The quantitative estimate of drug-likeness (QED) is 0.607. The Bertz CT molecular complexity index is 673. The van der Waals surface area contributed by atoms with E-state index in [1.165, 1.54) is 12.1 Å².